The lowest BCUT2D eigenvalue weighted by atomic mass is 10.1. The summed E-state index contributed by atoms with van der Waals surface area (Å²) >= 11 is 0. The molecule has 0 fully saturated rings. The fourth-order valence-electron chi connectivity index (χ4n) is 3.08. The zero-order valence-electron chi connectivity index (χ0n) is 15.9. The van der Waals surface area contributed by atoms with Crippen LogP contribution in [0.15, 0.2) is 48.7 Å². The number of carbonyl (C=O) groups excluding carboxylic acids is 1. The predicted octanol–water partition coefficient (Wildman–Crippen LogP) is 2.62. The number of nitrogens with one attached hydrogen (secondary N) is 1. The molecule has 1 heterocycles. The molecule has 0 radical (unpaired) electrons. The number of hydrogen-bond acceptors (Lipinski definition) is 4. The molecule has 0 aliphatic carbocycles. The first-order valence-corrected chi connectivity index (χ1v) is 8.53. The molecule has 0 unspecified atom stereocenters. The molecule has 6 heteroatoms. The summed E-state index contributed by atoms with van der Waals surface area (Å²) in [5.74, 6) is 1.12. The Bertz CT molecular complexity index is 960. The molecule has 6 nitrogen and oxygen atoms in total. The minimum absolute atomic E-state index is 0.220. The van der Waals surface area contributed by atoms with Crippen molar-refractivity contribution in [3.8, 4) is 17.2 Å². The van der Waals surface area contributed by atoms with Gasteiger partial charge in [0.15, 0.2) is 17.7 Å². The minimum Gasteiger partial charge on any atom is -0.493 e. The lowest BCUT2D eigenvalue weighted by Gasteiger charge is -2.14. The standard InChI is InChI=1S/C21H22N2O4/c1-23-10-9-14-7-5-6-8-16(14)17(23)13-22-21(24)15-11-18(25-2)20(27-4)19(12-15)26-3/h5-12H,13H2,1-4H3/p+1. The maximum Gasteiger partial charge on any atom is 0.252 e. The van der Waals surface area contributed by atoms with Crippen LogP contribution in [0.25, 0.3) is 10.8 Å². The molecule has 3 aromatic rings. The molecule has 1 N–H and O–H groups in total. The van der Waals surface area contributed by atoms with E-state index >= 15 is 0 Å². The number of rotatable bonds is 6. The third-order valence-electron chi connectivity index (χ3n) is 4.52. The van der Waals surface area contributed by atoms with Gasteiger partial charge in [-0.1, -0.05) is 18.2 Å². The number of aryl methyl sites for hydroxylation is 1. The summed E-state index contributed by atoms with van der Waals surface area (Å²) in [7, 11) is 6.54. The normalized spacial score (nSPS) is 10.5. The largest absolute Gasteiger partial charge is 0.493 e. The van der Waals surface area contributed by atoms with E-state index in [0.29, 0.717) is 29.4 Å². The van der Waals surface area contributed by atoms with Gasteiger partial charge >= 0.3 is 0 Å². The zero-order valence-corrected chi connectivity index (χ0v) is 15.9. The Morgan fingerprint density at radius 2 is 1.67 bits per heavy atom. The van der Waals surface area contributed by atoms with Crippen LogP contribution < -0.4 is 24.1 Å². The smallest absolute Gasteiger partial charge is 0.252 e. The van der Waals surface area contributed by atoms with E-state index in [9.17, 15) is 4.79 Å². The molecule has 1 amide bonds. The number of pyridine rings is 1. The second-order valence-corrected chi connectivity index (χ2v) is 6.06. The van der Waals surface area contributed by atoms with Crippen molar-refractivity contribution in [1.29, 1.82) is 0 Å². The van der Waals surface area contributed by atoms with Crippen LogP contribution in [0.1, 0.15) is 16.1 Å². The van der Waals surface area contributed by atoms with Gasteiger partial charge in [-0.15, -0.1) is 0 Å². The highest BCUT2D eigenvalue weighted by Crippen LogP contribution is 2.38. The van der Waals surface area contributed by atoms with Crippen LogP contribution in [-0.2, 0) is 13.6 Å². The molecule has 2 aromatic carbocycles. The molecule has 0 aliphatic rings. The first-order chi connectivity index (χ1) is 13.1. The SMILES string of the molecule is COc1cc(C(=O)NCc2c3ccccc3cc[n+]2C)cc(OC)c1OC. The molecule has 0 atom stereocenters. The highest BCUT2D eigenvalue weighted by Gasteiger charge is 2.18. The van der Waals surface area contributed by atoms with Gasteiger partial charge in [-0.3, -0.25) is 4.79 Å². The molecule has 3 rings (SSSR count). The molecule has 0 spiro atoms. The first-order valence-electron chi connectivity index (χ1n) is 8.53. The second-order valence-electron chi connectivity index (χ2n) is 6.06. The summed E-state index contributed by atoms with van der Waals surface area (Å²) < 4.78 is 18.0. The Morgan fingerprint density at radius 3 is 2.30 bits per heavy atom. The van der Waals surface area contributed by atoms with Gasteiger partial charge in [0.1, 0.15) is 13.6 Å². The van der Waals surface area contributed by atoms with Crippen molar-refractivity contribution in [2.24, 2.45) is 7.05 Å². The van der Waals surface area contributed by atoms with Crippen molar-refractivity contribution >= 4 is 16.7 Å². The average molecular weight is 367 g/mol. The molecule has 27 heavy (non-hydrogen) atoms. The van der Waals surface area contributed by atoms with E-state index in [4.69, 9.17) is 14.2 Å². The van der Waals surface area contributed by atoms with Gasteiger partial charge in [0.2, 0.25) is 11.4 Å². The molecule has 0 aliphatic heterocycles. The monoisotopic (exact) mass is 367 g/mol. The molecular weight excluding hydrogens is 344 g/mol. The van der Waals surface area contributed by atoms with Crippen LogP contribution >= 0.6 is 0 Å². The van der Waals surface area contributed by atoms with E-state index in [1.165, 1.54) is 21.3 Å². The Balaban J connectivity index is 1.88. The van der Waals surface area contributed by atoms with Gasteiger partial charge < -0.3 is 19.5 Å². The van der Waals surface area contributed by atoms with E-state index in [0.717, 1.165) is 16.5 Å². The number of methoxy groups -OCH3 is 3. The number of benzene rings is 2. The lowest BCUT2D eigenvalue weighted by molar-refractivity contribution is -0.677. The van der Waals surface area contributed by atoms with Crippen LogP contribution in [0.5, 0.6) is 17.2 Å². The van der Waals surface area contributed by atoms with Crippen molar-refractivity contribution in [1.82, 2.24) is 5.32 Å². The van der Waals surface area contributed by atoms with Crippen molar-refractivity contribution in [3.63, 3.8) is 0 Å². The number of carbonyl (C=O) groups is 1. The third-order valence-corrected chi connectivity index (χ3v) is 4.52. The fourth-order valence-corrected chi connectivity index (χ4v) is 3.08. The molecule has 0 saturated carbocycles. The van der Waals surface area contributed by atoms with Crippen LogP contribution in [0.4, 0.5) is 0 Å². The van der Waals surface area contributed by atoms with Crippen LogP contribution in [-0.4, -0.2) is 27.2 Å². The van der Waals surface area contributed by atoms with Crippen molar-refractivity contribution < 1.29 is 23.6 Å². The Morgan fingerprint density at radius 1 is 1.00 bits per heavy atom. The van der Waals surface area contributed by atoms with Gasteiger partial charge in [0.05, 0.1) is 26.7 Å². The lowest BCUT2D eigenvalue weighted by Crippen LogP contribution is -2.37. The van der Waals surface area contributed by atoms with Crippen molar-refractivity contribution in [3.05, 3.63) is 59.9 Å². The summed E-state index contributed by atoms with van der Waals surface area (Å²) in [4.78, 5) is 12.7. The summed E-state index contributed by atoms with van der Waals surface area (Å²) in [6.45, 7) is 0.396. The van der Waals surface area contributed by atoms with E-state index in [-0.39, 0.29) is 5.91 Å². The summed E-state index contributed by atoms with van der Waals surface area (Å²) in [5, 5.41) is 5.21. The number of fused-ring (bicyclic) bond motifs is 1. The minimum atomic E-state index is -0.220. The third kappa shape index (κ3) is 3.65. The second kappa shape index (κ2) is 7.95. The van der Waals surface area contributed by atoms with Crippen LogP contribution in [0.3, 0.4) is 0 Å². The van der Waals surface area contributed by atoms with Crippen molar-refractivity contribution in [2.45, 2.75) is 6.54 Å². The predicted molar refractivity (Wildman–Crippen MR) is 102 cm³/mol. The molecule has 0 bridgehead atoms. The van der Waals surface area contributed by atoms with Crippen LogP contribution in [0, 0.1) is 0 Å². The molecule has 0 saturated heterocycles. The van der Waals surface area contributed by atoms with E-state index in [2.05, 4.69) is 23.5 Å². The van der Waals surface area contributed by atoms with E-state index < -0.39 is 0 Å². The Labute approximate surface area is 158 Å². The highest BCUT2D eigenvalue weighted by molar-refractivity contribution is 5.95. The van der Waals surface area contributed by atoms with Gasteiger partial charge in [-0.2, -0.15) is 0 Å². The molecule has 140 valence electrons. The highest BCUT2D eigenvalue weighted by atomic mass is 16.5. The Hall–Kier alpha value is -3.28. The van der Waals surface area contributed by atoms with Gasteiger partial charge in [0.25, 0.3) is 5.91 Å². The van der Waals surface area contributed by atoms with Gasteiger partial charge in [0, 0.05) is 11.6 Å². The van der Waals surface area contributed by atoms with Gasteiger partial charge in [-0.05, 0) is 23.6 Å². The van der Waals surface area contributed by atoms with E-state index in [1.54, 1.807) is 12.1 Å². The van der Waals surface area contributed by atoms with Gasteiger partial charge in [-0.25, -0.2) is 4.57 Å². The zero-order chi connectivity index (χ0) is 19.4. The summed E-state index contributed by atoms with van der Waals surface area (Å²) in [6, 6.07) is 13.4. The van der Waals surface area contributed by atoms with Crippen molar-refractivity contribution in [2.75, 3.05) is 21.3 Å². The van der Waals surface area contributed by atoms with E-state index in [1.807, 2.05) is 29.9 Å². The number of aromatic nitrogens is 1. The number of hydrogen-bond donors (Lipinski definition) is 1. The topological polar surface area (TPSA) is 60.7 Å². The molecule has 1 aromatic heterocycles. The molecular formula is C21H23N2O4+. The Kier molecular flexibility index (Phi) is 5.45. The number of amides is 1. The average Bonchev–Trinajstić information content (AvgIpc) is 2.71. The first kappa shape index (κ1) is 18.5. The maximum atomic E-state index is 12.7. The van der Waals surface area contributed by atoms with Crippen LogP contribution in [0.2, 0.25) is 0 Å². The fraction of sp³-hybridized carbons (Fsp3) is 0.238. The number of ether oxygens (including phenoxy) is 3. The maximum absolute atomic E-state index is 12.7. The summed E-state index contributed by atoms with van der Waals surface area (Å²) in [5.41, 5.74) is 1.46. The number of nitrogens with zero attached hydrogens (tertiary/aromatic N) is 1. The quantitative estimate of drug-likeness (QED) is 0.681. The summed E-state index contributed by atoms with van der Waals surface area (Å²) in [6.07, 6.45) is 1.99.